The van der Waals surface area contributed by atoms with Crippen LogP contribution < -0.4 is 10.1 Å². The quantitative estimate of drug-likeness (QED) is 0.829. The molecular formula is C17H19NO3. The van der Waals surface area contributed by atoms with Crippen molar-refractivity contribution in [2.45, 2.75) is 13.2 Å². The summed E-state index contributed by atoms with van der Waals surface area (Å²) in [6.07, 6.45) is 0. The van der Waals surface area contributed by atoms with Crippen LogP contribution in [0, 0.1) is 0 Å². The van der Waals surface area contributed by atoms with Crippen LogP contribution in [0.15, 0.2) is 48.5 Å². The van der Waals surface area contributed by atoms with Crippen molar-refractivity contribution in [3.63, 3.8) is 0 Å². The average Bonchev–Trinajstić information content (AvgIpc) is 2.54. The summed E-state index contributed by atoms with van der Waals surface area (Å²) in [6.45, 7) is 1.22. The first-order valence-corrected chi connectivity index (χ1v) is 6.77. The molecule has 0 fully saturated rings. The van der Waals surface area contributed by atoms with E-state index in [1.165, 1.54) is 7.11 Å². The second-order valence-electron chi connectivity index (χ2n) is 4.62. The van der Waals surface area contributed by atoms with Gasteiger partial charge in [0.2, 0.25) is 0 Å². The Balaban J connectivity index is 2.01. The molecule has 0 saturated carbocycles. The Bertz CT molecular complexity index is 593. The van der Waals surface area contributed by atoms with E-state index in [-0.39, 0.29) is 5.97 Å². The SMILES string of the molecule is CNCc1ccccc1OCc1ccc(C(=O)OC)cc1. The molecule has 1 N–H and O–H groups in total. The third kappa shape index (κ3) is 4.07. The zero-order valence-corrected chi connectivity index (χ0v) is 12.3. The average molecular weight is 285 g/mol. The lowest BCUT2D eigenvalue weighted by molar-refractivity contribution is 0.0600. The van der Waals surface area contributed by atoms with Crippen LogP contribution in [0.3, 0.4) is 0 Å². The Kier molecular flexibility index (Phi) is 5.35. The van der Waals surface area contributed by atoms with Crippen molar-refractivity contribution in [1.82, 2.24) is 5.32 Å². The highest BCUT2D eigenvalue weighted by molar-refractivity contribution is 5.89. The highest BCUT2D eigenvalue weighted by Crippen LogP contribution is 2.19. The van der Waals surface area contributed by atoms with Crippen molar-refractivity contribution in [3.05, 3.63) is 65.2 Å². The highest BCUT2D eigenvalue weighted by Gasteiger charge is 2.05. The first kappa shape index (κ1) is 15.1. The van der Waals surface area contributed by atoms with E-state index >= 15 is 0 Å². The van der Waals surface area contributed by atoms with E-state index in [9.17, 15) is 4.79 Å². The van der Waals surface area contributed by atoms with Crippen LogP contribution >= 0.6 is 0 Å². The Hall–Kier alpha value is -2.33. The monoisotopic (exact) mass is 285 g/mol. The zero-order chi connectivity index (χ0) is 15.1. The molecule has 0 heterocycles. The number of hydrogen-bond donors (Lipinski definition) is 1. The van der Waals surface area contributed by atoms with Crippen molar-refractivity contribution in [2.24, 2.45) is 0 Å². The van der Waals surface area contributed by atoms with Crippen molar-refractivity contribution < 1.29 is 14.3 Å². The van der Waals surface area contributed by atoms with Gasteiger partial charge in [0.15, 0.2) is 0 Å². The van der Waals surface area contributed by atoms with Gasteiger partial charge >= 0.3 is 5.97 Å². The summed E-state index contributed by atoms with van der Waals surface area (Å²) in [7, 11) is 3.28. The molecule has 0 unspecified atom stereocenters. The molecule has 110 valence electrons. The van der Waals surface area contributed by atoms with Gasteiger partial charge in [0.25, 0.3) is 0 Å². The van der Waals surface area contributed by atoms with E-state index in [2.05, 4.69) is 10.1 Å². The molecular weight excluding hydrogens is 266 g/mol. The lowest BCUT2D eigenvalue weighted by atomic mass is 10.1. The largest absolute Gasteiger partial charge is 0.489 e. The summed E-state index contributed by atoms with van der Waals surface area (Å²) < 4.78 is 10.5. The van der Waals surface area contributed by atoms with E-state index in [1.807, 2.05) is 43.4 Å². The molecule has 2 rings (SSSR count). The third-order valence-electron chi connectivity index (χ3n) is 3.11. The second-order valence-corrected chi connectivity index (χ2v) is 4.62. The van der Waals surface area contributed by atoms with Gasteiger partial charge in [-0.15, -0.1) is 0 Å². The van der Waals surface area contributed by atoms with Crippen molar-refractivity contribution in [3.8, 4) is 5.75 Å². The molecule has 0 amide bonds. The van der Waals surface area contributed by atoms with Gasteiger partial charge in [0.1, 0.15) is 12.4 Å². The minimum atomic E-state index is -0.332. The van der Waals surface area contributed by atoms with Crippen LogP contribution in [-0.4, -0.2) is 20.1 Å². The number of rotatable bonds is 6. The predicted molar refractivity (Wildman–Crippen MR) is 81.3 cm³/mol. The standard InChI is InChI=1S/C17H19NO3/c1-18-11-15-5-3-4-6-16(15)21-12-13-7-9-14(10-8-13)17(19)20-2/h3-10,18H,11-12H2,1-2H3. The molecule has 0 bridgehead atoms. The van der Waals surface area contributed by atoms with Gasteiger partial charge in [-0.2, -0.15) is 0 Å². The van der Waals surface area contributed by atoms with E-state index in [0.29, 0.717) is 12.2 Å². The molecule has 21 heavy (non-hydrogen) atoms. The molecule has 2 aromatic carbocycles. The summed E-state index contributed by atoms with van der Waals surface area (Å²) >= 11 is 0. The Morgan fingerprint density at radius 2 is 1.81 bits per heavy atom. The first-order valence-electron chi connectivity index (χ1n) is 6.77. The van der Waals surface area contributed by atoms with E-state index in [4.69, 9.17) is 4.74 Å². The Morgan fingerprint density at radius 3 is 2.48 bits per heavy atom. The number of para-hydroxylation sites is 1. The first-order chi connectivity index (χ1) is 10.2. The minimum Gasteiger partial charge on any atom is -0.489 e. The Labute approximate surface area is 124 Å². The molecule has 0 aliphatic carbocycles. The maximum absolute atomic E-state index is 11.4. The van der Waals surface area contributed by atoms with E-state index in [1.54, 1.807) is 12.1 Å². The van der Waals surface area contributed by atoms with Gasteiger partial charge in [-0.1, -0.05) is 30.3 Å². The van der Waals surface area contributed by atoms with Gasteiger partial charge in [-0.05, 0) is 30.8 Å². The van der Waals surface area contributed by atoms with Crippen molar-refractivity contribution in [2.75, 3.05) is 14.2 Å². The molecule has 0 radical (unpaired) electrons. The van der Waals surface area contributed by atoms with Gasteiger partial charge in [-0.25, -0.2) is 4.79 Å². The fourth-order valence-electron chi connectivity index (χ4n) is 2.00. The predicted octanol–water partition coefficient (Wildman–Crippen LogP) is 2.77. The van der Waals surface area contributed by atoms with Gasteiger partial charge in [0.05, 0.1) is 12.7 Å². The van der Waals surface area contributed by atoms with Crippen LogP contribution in [-0.2, 0) is 17.9 Å². The second kappa shape index (κ2) is 7.45. The molecule has 0 aromatic heterocycles. The summed E-state index contributed by atoms with van der Waals surface area (Å²) in [6, 6.07) is 15.1. The molecule has 0 aliphatic rings. The zero-order valence-electron chi connectivity index (χ0n) is 12.3. The van der Waals surface area contributed by atoms with Crippen LogP contribution in [0.4, 0.5) is 0 Å². The maximum Gasteiger partial charge on any atom is 0.337 e. The van der Waals surface area contributed by atoms with Crippen LogP contribution in [0.25, 0.3) is 0 Å². The summed E-state index contributed by atoms with van der Waals surface area (Å²) in [5, 5.41) is 3.12. The molecule has 2 aromatic rings. The number of nitrogens with one attached hydrogen (secondary N) is 1. The topological polar surface area (TPSA) is 47.6 Å². The molecule has 0 atom stereocenters. The number of esters is 1. The number of methoxy groups -OCH3 is 1. The molecule has 4 heteroatoms. The lowest BCUT2D eigenvalue weighted by Gasteiger charge is -2.11. The third-order valence-corrected chi connectivity index (χ3v) is 3.11. The normalized spacial score (nSPS) is 10.2. The molecule has 0 saturated heterocycles. The van der Waals surface area contributed by atoms with Gasteiger partial charge in [-0.3, -0.25) is 0 Å². The Morgan fingerprint density at radius 1 is 1.10 bits per heavy atom. The number of benzene rings is 2. The minimum absolute atomic E-state index is 0.332. The fourth-order valence-corrected chi connectivity index (χ4v) is 2.00. The number of carbonyl (C=O) groups excluding carboxylic acids is 1. The summed E-state index contributed by atoms with van der Waals surface area (Å²) in [4.78, 5) is 11.4. The van der Waals surface area contributed by atoms with Crippen molar-refractivity contribution in [1.29, 1.82) is 0 Å². The maximum atomic E-state index is 11.4. The highest BCUT2D eigenvalue weighted by atomic mass is 16.5. The molecule has 4 nitrogen and oxygen atoms in total. The van der Waals surface area contributed by atoms with Crippen molar-refractivity contribution >= 4 is 5.97 Å². The number of ether oxygens (including phenoxy) is 2. The van der Waals surface area contributed by atoms with Crippen LogP contribution in [0.5, 0.6) is 5.75 Å². The fraction of sp³-hybridized carbons (Fsp3) is 0.235. The van der Waals surface area contributed by atoms with Gasteiger partial charge in [0, 0.05) is 12.1 Å². The van der Waals surface area contributed by atoms with E-state index < -0.39 is 0 Å². The van der Waals surface area contributed by atoms with Gasteiger partial charge < -0.3 is 14.8 Å². The van der Waals surface area contributed by atoms with E-state index in [0.717, 1.165) is 23.4 Å². The lowest BCUT2D eigenvalue weighted by Crippen LogP contribution is -2.07. The number of carbonyl (C=O) groups is 1. The smallest absolute Gasteiger partial charge is 0.337 e. The number of hydrogen-bond acceptors (Lipinski definition) is 4. The van der Waals surface area contributed by atoms with Crippen LogP contribution in [0.1, 0.15) is 21.5 Å². The van der Waals surface area contributed by atoms with Crippen LogP contribution in [0.2, 0.25) is 0 Å². The molecule has 0 aliphatic heterocycles. The summed E-state index contributed by atoms with van der Waals surface area (Å²) in [5.74, 6) is 0.533. The summed E-state index contributed by atoms with van der Waals surface area (Å²) in [5.41, 5.74) is 2.66. The molecule has 0 spiro atoms.